The fraction of sp³-hybridized carbons (Fsp3) is 0.208. The molecule has 0 heterocycles. The Hall–Kier alpha value is -3.47. The van der Waals surface area contributed by atoms with E-state index in [1.807, 2.05) is 13.8 Å². The molecule has 0 unspecified atom stereocenters. The summed E-state index contributed by atoms with van der Waals surface area (Å²) < 4.78 is 0. The predicted molar refractivity (Wildman–Crippen MR) is 113 cm³/mol. The van der Waals surface area contributed by atoms with Crippen LogP contribution in [0.15, 0.2) is 72.8 Å². The van der Waals surface area contributed by atoms with Gasteiger partial charge >= 0.3 is 0 Å². The summed E-state index contributed by atoms with van der Waals surface area (Å²) in [6.07, 6.45) is 0.734. The second-order valence-corrected chi connectivity index (χ2v) is 7.75. The minimum absolute atomic E-state index is 0.00285. The van der Waals surface area contributed by atoms with Gasteiger partial charge in [-0.2, -0.15) is 0 Å². The van der Waals surface area contributed by atoms with Gasteiger partial charge in [-0.05, 0) is 43.5 Å². The molecular formula is C24H22N2O3. The normalized spacial score (nSPS) is 16.8. The van der Waals surface area contributed by atoms with Gasteiger partial charge in [0.2, 0.25) is 5.91 Å². The molecule has 0 radical (unpaired) electrons. The average Bonchev–Trinajstić information content (AvgIpc) is 3.46. The van der Waals surface area contributed by atoms with E-state index in [4.69, 9.17) is 0 Å². The molecule has 3 aromatic carbocycles. The predicted octanol–water partition coefficient (Wildman–Crippen LogP) is 5.16. The summed E-state index contributed by atoms with van der Waals surface area (Å²) in [5, 5.41) is 13.7. The van der Waals surface area contributed by atoms with Gasteiger partial charge in [-0.1, -0.05) is 59.7 Å². The monoisotopic (exact) mass is 386 g/mol. The van der Waals surface area contributed by atoms with Crippen LogP contribution < -0.4 is 5.32 Å². The number of aryl methyl sites for hydroxylation is 2. The molecule has 1 saturated carbocycles. The lowest BCUT2D eigenvalue weighted by molar-refractivity contribution is -0.384. The fourth-order valence-corrected chi connectivity index (χ4v) is 3.98. The number of carbonyl (C=O) groups is 1. The first-order valence-corrected chi connectivity index (χ1v) is 9.60. The minimum atomic E-state index is -0.452. The molecule has 5 nitrogen and oxygen atoms in total. The molecule has 1 aliphatic carbocycles. The second-order valence-electron chi connectivity index (χ2n) is 7.75. The van der Waals surface area contributed by atoms with Gasteiger partial charge in [0.1, 0.15) is 0 Å². The lowest BCUT2D eigenvalue weighted by atomic mass is 9.85. The number of hydrogen-bond acceptors (Lipinski definition) is 3. The lowest BCUT2D eigenvalue weighted by Crippen LogP contribution is -2.22. The fourth-order valence-electron chi connectivity index (χ4n) is 3.98. The van der Waals surface area contributed by atoms with Crippen LogP contribution in [0.25, 0.3) is 0 Å². The van der Waals surface area contributed by atoms with Crippen LogP contribution in [0.2, 0.25) is 0 Å². The summed E-state index contributed by atoms with van der Waals surface area (Å²) in [6.45, 7) is 4.10. The lowest BCUT2D eigenvalue weighted by Gasteiger charge is -2.19. The van der Waals surface area contributed by atoms with Crippen molar-refractivity contribution >= 4 is 17.3 Å². The van der Waals surface area contributed by atoms with Crippen LogP contribution in [-0.4, -0.2) is 10.8 Å². The van der Waals surface area contributed by atoms with Crippen molar-refractivity contribution in [1.82, 2.24) is 0 Å². The van der Waals surface area contributed by atoms with E-state index in [-0.39, 0.29) is 22.9 Å². The number of amides is 1. The molecule has 0 aromatic heterocycles. The van der Waals surface area contributed by atoms with Crippen molar-refractivity contribution in [2.75, 3.05) is 5.32 Å². The SMILES string of the molecule is Cc1ccc(C2(c3ccc(C)cc3)C[C@@H]2C(=O)Nc2ccc([N+](=O)[O-])cc2)cc1. The Labute approximate surface area is 169 Å². The molecular weight excluding hydrogens is 364 g/mol. The van der Waals surface area contributed by atoms with Crippen molar-refractivity contribution in [3.8, 4) is 0 Å². The maximum absolute atomic E-state index is 13.0. The number of non-ortho nitro benzene ring substituents is 1. The Kier molecular flexibility index (Phi) is 4.66. The van der Waals surface area contributed by atoms with Crippen LogP contribution >= 0.6 is 0 Å². The standard InChI is InChI=1S/C24H22N2O3/c1-16-3-7-18(8-4-16)24(19-9-5-17(2)6-10-19)15-22(24)23(27)25-20-11-13-21(14-12-20)26(28)29/h3-14,22H,15H2,1-2H3,(H,25,27)/t22-/m1/s1. The Bertz CT molecular complexity index is 1010. The smallest absolute Gasteiger partial charge is 0.269 e. The largest absolute Gasteiger partial charge is 0.326 e. The highest BCUT2D eigenvalue weighted by atomic mass is 16.6. The molecule has 0 saturated heterocycles. The van der Waals surface area contributed by atoms with E-state index < -0.39 is 4.92 Å². The molecule has 1 N–H and O–H groups in total. The number of nitrogens with zero attached hydrogens (tertiary/aromatic N) is 1. The highest BCUT2D eigenvalue weighted by Gasteiger charge is 2.60. The third kappa shape index (κ3) is 3.51. The van der Waals surface area contributed by atoms with E-state index in [2.05, 4.69) is 53.8 Å². The quantitative estimate of drug-likeness (QED) is 0.486. The second kappa shape index (κ2) is 7.17. The van der Waals surface area contributed by atoms with E-state index in [1.165, 1.54) is 23.3 Å². The van der Waals surface area contributed by atoms with Gasteiger partial charge < -0.3 is 5.32 Å². The van der Waals surface area contributed by atoms with Crippen LogP contribution in [-0.2, 0) is 10.2 Å². The third-order valence-corrected chi connectivity index (χ3v) is 5.76. The number of benzene rings is 3. The van der Waals surface area contributed by atoms with Crippen LogP contribution in [0.5, 0.6) is 0 Å². The Morgan fingerprint density at radius 3 is 1.83 bits per heavy atom. The van der Waals surface area contributed by atoms with Gasteiger partial charge in [0.05, 0.1) is 10.8 Å². The van der Waals surface area contributed by atoms with Crippen molar-refractivity contribution in [2.24, 2.45) is 5.92 Å². The number of anilines is 1. The highest BCUT2D eigenvalue weighted by Crippen LogP contribution is 2.59. The topological polar surface area (TPSA) is 72.2 Å². The first kappa shape index (κ1) is 18.9. The van der Waals surface area contributed by atoms with Crippen molar-refractivity contribution in [3.63, 3.8) is 0 Å². The summed E-state index contributed by atoms with van der Waals surface area (Å²) in [7, 11) is 0. The molecule has 0 spiro atoms. The van der Waals surface area contributed by atoms with Gasteiger partial charge in [0.15, 0.2) is 0 Å². The minimum Gasteiger partial charge on any atom is -0.326 e. The zero-order valence-electron chi connectivity index (χ0n) is 16.4. The van der Waals surface area contributed by atoms with Crippen molar-refractivity contribution in [3.05, 3.63) is 105 Å². The number of carbonyl (C=O) groups excluding carboxylic acids is 1. The summed E-state index contributed by atoms with van der Waals surface area (Å²) >= 11 is 0. The maximum Gasteiger partial charge on any atom is 0.269 e. The van der Waals surface area contributed by atoms with E-state index >= 15 is 0 Å². The zero-order valence-corrected chi connectivity index (χ0v) is 16.4. The Morgan fingerprint density at radius 2 is 1.38 bits per heavy atom. The molecule has 3 aromatic rings. The molecule has 1 aliphatic rings. The van der Waals surface area contributed by atoms with Gasteiger partial charge in [-0.15, -0.1) is 0 Å². The number of nitro groups is 1. The first-order chi connectivity index (χ1) is 13.9. The van der Waals surface area contributed by atoms with Crippen LogP contribution in [0.3, 0.4) is 0 Å². The number of hydrogen-bond donors (Lipinski definition) is 1. The van der Waals surface area contributed by atoms with Crippen molar-refractivity contribution in [2.45, 2.75) is 25.7 Å². The van der Waals surface area contributed by atoms with Crippen LogP contribution in [0, 0.1) is 29.9 Å². The molecule has 1 amide bonds. The molecule has 29 heavy (non-hydrogen) atoms. The van der Waals surface area contributed by atoms with E-state index in [0.717, 1.165) is 17.5 Å². The first-order valence-electron chi connectivity index (χ1n) is 9.60. The Morgan fingerprint density at radius 1 is 0.897 bits per heavy atom. The molecule has 1 fully saturated rings. The van der Waals surface area contributed by atoms with Gasteiger partial charge in [-0.3, -0.25) is 14.9 Å². The summed E-state index contributed by atoms with van der Waals surface area (Å²) in [5.41, 5.74) is 4.86. The number of nitro benzene ring substituents is 1. The molecule has 1 atom stereocenters. The molecule has 146 valence electrons. The summed E-state index contributed by atoms with van der Waals surface area (Å²) in [6, 6.07) is 22.7. The van der Waals surface area contributed by atoms with Gasteiger partial charge in [0, 0.05) is 23.2 Å². The van der Waals surface area contributed by atoms with Gasteiger partial charge in [-0.25, -0.2) is 0 Å². The molecule has 0 aliphatic heterocycles. The maximum atomic E-state index is 13.0. The Balaban J connectivity index is 1.62. The highest BCUT2D eigenvalue weighted by molar-refractivity contribution is 5.97. The van der Waals surface area contributed by atoms with Crippen LogP contribution in [0.4, 0.5) is 11.4 Å². The average molecular weight is 386 g/mol. The molecule has 0 bridgehead atoms. The van der Waals surface area contributed by atoms with E-state index in [1.54, 1.807) is 12.1 Å². The number of rotatable bonds is 5. The van der Waals surface area contributed by atoms with E-state index in [9.17, 15) is 14.9 Å². The van der Waals surface area contributed by atoms with E-state index in [0.29, 0.717) is 5.69 Å². The zero-order chi connectivity index (χ0) is 20.6. The molecule has 5 heteroatoms. The summed E-state index contributed by atoms with van der Waals surface area (Å²) in [5.74, 6) is -0.261. The molecule has 4 rings (SSSR count). The third-order valence-electron chi connectivity index (χ3n) is 5.76. The van der Waals surface area contributed by atoms with Crippen molar-refractivity contribution in [1.29, 1.82) is 0 Å². The summed E-state index contributed by atoms with van der Waals surface area (Å²) in [4.78, 5) is 23.4. The van der Waals surface area contributed by atoms with Gasteiger partial charge in [0.25, 0.3) is 5.69 Å². The van der Waals surface area contributed by atoms with Crippen LogP contribution in [0.1, 0.15) is 28.7 Å². The number of nitrogens with one attached hydrogen (secondary N) is 1. The van der Waals surface area contributed by atoms with Crippen molar-refractivity contribution < 1.29 is 9.72 Å².